The van der Waals surface area contributed by atoms with Gasteiger partial charge >= 0.3 is 5.69 Å². The summed E-state index contributed by atoms with van der Waals surface area (Å²) in [4.78, 5) is 28.6. The Labute approximate surface area is 184 Å². The first kappa shape index (κ1) is 22.0. The summed E-state index contributed by atoms with van der Waals surface area (Å²) in [5.41, 5.74) is 1.55. The van der Waals surface area contributed by atoms with Crippen LogP contribution in [0.15, 0.2) is 47.3 Å². The van der Waals surface area contributed by atoms with Gasteiger partial charge in [0.15, 0.2) is 0 Å². The Bertz CT molecular complexity index is 1150. The van der Waals surface area contributed by atoms with E-state index in [1.165, 1.54) is 19.1 Å². The van der Waals surface area contributed by atoms with Crippen LogP contribution in [-0.4, -0.2) is 57.8 Å². The Balaban J connectivity index is 1.31. The average molecular weight is 442 g/mol. The Morgan fingerprint density at radius 3 is 2.78 bits per heavy atom. The predicted molar refractivity (Wildman–Crippen MR) is 119 cm³/mol. The minimum Gasteiger partial charge on any atom is -0.489 e. The van der Waals surface area contributed by atoms with Crippen molar-refractivity contribution in [3.63, 3.8) is 0 Å². The second kappa shape index (κ2) is 9.54. The Hall–Kier alpha value is -3.17. The maximum Gasteiger partial charge on any atom is 0.326 e. The predicted octanol–water partition coefficient (Wildman–Crippen LogP) is 2.50. The summed E-state index contributed by atoms with van der Waals surface area (Å²) in [6.45, 7) is 3.43. The largest absolute Gasteiger partial charge is 0.489 e. The van der Waals surface area contributed by atoms with Gasteiger partial charge in [-0.15, -0.1) is 0 Å². The lowest BCUT2D eigenvalue weighted by molar-refractivity contribution is -0.114. The number of carbonyl (C=O) groups is 1. The van der Waals surface area contributed by atoms with Crippen molar-refractivity contribution >= 4 is 22.6 Å². The van der Waals surface area contributed by atoms with Crippen molar-refractivity contribution < 1.29 is 19.0 Å². The van der Waals surface area contributed by atoms with Gasteiger partial charge in [-0.1, -0.05) is 12.1 Å². The number of aromatic nitrogens is 2. The lowest BCUT2D eigenvalue weighted by Gasteiger charge is -2.33. The highest BCUT2D eigenvalue weighted by Gasteiger charge is 2.25. The van der Waals surface area contributed by atoms with E-state index in [2.05, 4.69) is 15.2 Å². The van der Waals surface area contributed by atoms with E-state index in [0.29, 0.717) is 29.0 Å². The molecule has 1 saturated heterocycles. The van der Waals surface area contributed by atoms with Gasteiger partial charge in [-0.2, -0.15) is 0 Å². The van der Waals surface area contributed by atoms with Gasteiger partial charge in [-0.25, -0.2) is 9.18 Å². The SMILES string of the molecule is CC(=O)Nc1ccccc1OCC(O)CN1CCC(n2c(=O)[nH]c3cc(F)ccc32)CC1. The van der Waals surface area contributed by atoms with Crippen molar-refractivity contribution in [1.82, 2.24) is 14.5 Å². The Kier molecular flexibility index (Phi) is 6.57. The number of aliphatic hydroxyl groups excluding tert-OH is 1. The number of aliphatic hydroxyl groups is 1. The third-order valence-corrected chi connectivity index (χ3v) is 5.70. The molecule has 32 heavy (non-hydrogen) atoms. The number of hydrogen-bond acceptors (Lipinski definition) is 5. The maximum absolute atomic E-state index is 13.5. The quantitative estimate of drug-likeness (QED) is 0.522. The summed E-state index contributed by atoms with van der Waals surface area (Å²) >= 11 is 0. The van der Waals surface area contributed by atoms with Crippen molar-refractivity contribution in [2.75, 3.05) is 31.6 Å². The molecule has 0 spiro atoms. The van der Waals surface area contributed by atoms with Crippen LogP contribution < -0.4 is 15.7 Å². The third-order valence-electron chi connectivity index (χ3n) is 5.70. The number of para-hydroxylation sites is 2. The summed E-state index contributed by atoms with van der Waals surface area (Å²) in [5.74, 6) is -0.0591. The third kappa shape index (κ3) is 5.00. The number of benzene rings is 2. The first-order valence-corrected chi connectivity index (χ1v) is 10.7. The number of H-pyrrole nitrogens is 1. The number of imidazole rings is 1. The molecular formula is C23H27FN4O4. The highest BCUT2D eigenvalue weighted by atomic mass is 19.1. The van der Waals surface area contributed by atoms with Crippen LogP contribution in [0.3, 0.4) is 0 Å². The van der Waals surface area contributed by atoms with Gasteiger partial charge in [0.05, 0.1) is 16.7 Å². The first-order chi connectivity index (χ1) is 15.4. The van der Waals surface area contributed by atoms with E-state index < -0.39 is 6.10 Å². The number of anilines is 1. The van der Waals surface area contributed by atoms with Gasteiger partial charge in [-0.3, -0.25) is 9.36 Å². The molecule has 1 atom stereocenters. The smallest absolute Gasteiger partial charge is 0.326 e. The zero-order chi connectivity index (χ0) is 22.7. The van der Waals surface area contributed by atoms with Crippen molar-refractivity contribution in [2.24, 2.45) is 0 Å². The van der Waals surface area contributed by atoms with Crippen LogP contribution >= 0.6 is 0 Å². The Morgan fingerprint density at radius 2 is 2.03 bits per heavy atom. The van der Waals surface area contributed by atoms with Crippen molar-refractivity contribution in [1.29, 1.82) is 0 Å². The number of hydrogen-bond donors (Lipinski definition) is 3. The molecule has 1 aliphatic rings. The molecular weight excluding hydrogens is 415 g/mol. The van der Waals surface area contributed by atoms with Gasteiger partial charge in [0, 0.05) is 32.6 Å². The number of ether oxygens (including phenoxy) is 1. The first-order valence-electron chi connectivity index (χ1n) is 10.7. The molecule has 8 nitrogen and oxygen atoms in total. The van der Waals surface area contributed by atoms with E-state index in [4.69, 9.17) is 4.74 Å². The van der Waals surface area contributed by atoms with Crippen LogP contribution in [0.25, 0.3) is 11.0 Å². The molecule has 3 aromatic rings. The number of β-amino-alcohol motifs (C(OH)–C–C–N with tert-alkyl or cyclic N) is 1. The van der Waals surface area contributed by atoms with Gasteiger partial charge < -0.3 is 25.0 Å². The minimum absolute atomic E-state index is 0.0240. The number of rotatable bonds is 7. The van der Waals surface area contributed by atoms with Crippen LogP contribution in [0.2, 0.25) is 0 Å². The van der Waals surface area contributed by atoms with Crippen LogP contribution in [0.5, 0.6) is 5.75 Å². The highest BCUT2D eigenvalue weighted by molar-refractivity contribution is 5.90. The molecule has 1 unspecified atom stereocenters. The van der Waals surface area contributed by atoms with Crippen LogP contribution in [-0.2, 0) is 4.79 Å². The van der Waals surface area contributed by atoms with Crippen LogP contribution in [0.1, 0.15) is 25.8 Å². The van der Waals surface area contributed by atoms with E-state index in [1.54, 1.807) is 34.9 Å². The number of fused-ring (bicyclic) bond motifs is 1. The summed E-state index contributed by atoms with van der Waals surface area (Å²) in [6.07, 6.45) is 0.808. The molecule has 0 aliphatic carbocycles. The molecule has 4 rings (SSSR count). The number of halogens is 1. The van der Waals surface area contributed by atoms with Gasteiger partial charge in [0.2, 0.25) is 5.91 Å². The highest BCUT2D eigenvalue weighted by Crippen LogP contribution is 2.26. The topological polar surface area (TPSA) is 99.6 Å². The van der Waals surface area contributed by atoms with E-state index in [-0.39, 0.29) is 30.1 Å². The summed E-state index contributed by atoms with van der Waals surface area (Å²) in [6, 6.07) is 11.5. The van der Waals surface area contributed by atoms with E-state index in [0.717, 1.165) is 25.9 Å². The fourth-order valence-corrected chi connectivity index (χ4v) is 4.25. The van der Waals surface area contributed by atoms with E-state index in [1.807, 2.05) is 0 Å². The van der Waals surface area contributed by atoms with Gasteiger partial charge in [0.1, 0.15) is 24.3 Å². The summed E-state index contributed by atoms with van der Waals surface area (Å²) in [5, 5.41) is 13.2. The number of piperidine rings is 1. The van der Waals surface area contributed by atoms with Gasteiger partial charge in [-0.05, 0) is 43.2 Å². The lowest BCUT2D eigenvalue weighted by Crippen LogP contribution is -2.42. The monoisotopic (exact) mass is 442 g/mol. The van der Waals surface area contributed by atoms with Crippen LogP contribution in [0, 0.1) is 5.82 Å². The number of carbonyl (C=O) groups excluding carboxylic acids is 1. The Morgan fingerprint density at radius 1 is 1.28 bits per heavy atom. The lowest BCUT2D eigenvalue weighted by atomic mass is 10.0. The molecule has 9 heteroatoms. The van der Waals surface area contributed by atoms with E-state index in [9.17, 15) is 19.1 Å². The maximum atomic E-state index is 13.5. The van der Waals surface area contributed by atoms with E-state index >= 15 is 0 Å². The second-order valence-corrected chi connectivity index (χ2v) is 8.14. The summed E-state index contributed by atoms with van der Waals surface area (Å²) < 4.78 is 20.9. The number of likely N-dealkylation sites (tertiary alicyclic amines) is 1. The normalized spacial score (nSPS) is 16.2. The zero-order valence-corrected chi connectivity index (χ0v) is 17.9. The molecule has 1 fully saturated rings. The number of nitrogens with one attached hydrogen (secondary N) is 2. The molecule has 170 valence electrons. The standard InChI is InChI=1S/C23H27FN4O4/c1-15(29)25-19-4-2-3-5-22(19)32-14-18(30)13-27-10-8-17(9-11-27)28-21-7-6-16(24)12-20(21)26-23(28)31/h2-7,12,17-18,30H,8-11,13-14H2,1H3,(H,25,29)(H,26,31). The number of aromatic amines is 1. The molecule has 1 amide bonds. The molecule has 0 radical (unpaired) electrons. The average Bonchev–Trinajstić information content (AvgIpc) is 3.08. The minimum atomic E-state index is -0.698. The van der Waals surface area contributed by atoms with Crippen molar-refractivity contribution in [2.45, 2.75) is 31.9 Å². The fraction of sp³-hybridized carbons (Fsp3) is 0.391. The molecule has 2 aromatic carbocycles. The number of nitrogens with zero attached hydrogens (tertiary/aromatic N) is 2. The van der Waals surface area contributed by atoms with Crippen molar-refractivity contribution in [3.05, 3.63) is 58.8 Å². The molecule has 3 N–H and O–H groups in total. The van der Waals surface area contributed by atoms with Gasteiger partial charge in [0.25, 0.3) is 0 Å². The van der Waals surface area contributed by atoms with Crippen LogP contribution in [0.4, 0.5) is 10.1 Å². The number of amides is 1. The zero-order valence-electron chi connectivity index (χ0n) is 17.9. The molecule has 0 bridgehead atoms. The molecule has 0 saturated carbocycles. The summed E-state index contributed by atoms with van der Waals surface area (Å²) in [7, 11) is 0. The second-order valence-electron chi connectivity index (χ2n) is 8.14. The molecule has 1 aromatic heterocycles. The molecule has 2 heterocycles. The fourth-order valence-electron chi connectivity index (χ4n) is 4.25. The molecule has 1 aliphatic heterocycles. The van der Waals surface area contributed by atoms with Crippen molar-refractivity contribution in [3.8, 4) is 5.75 Å².